The fourth-order valence-corrected chi connectivity index (χ4v) is 1.71. The highest BCUT2D eigenvalue weighted by Gasteiger charge is 1.98. The Morgan fingerprint density at radius 1 is 0.944 bits per heavy atom. The molecule has 4 heteroatoms. The van der Waals surface area contributed by atoms with E-state index in [1.165, 1.54) is 25.0 Å². The fraction of sp³-hybridized carbons (Fsp3) is 0.429. The maximum absolute atomic E-state index is 10.8. The molecule has 4 nitrogen and oxygen atoms in total. The van der Waals surface area contributed by atoms with Gasteiger partial charge in [0.15, 0.2) is 0 Å². The molecule has 0 aliphatic carbocycles. The SMILES string of the molecule is CC(=O)NCCc1cccc(CCNC(C)=O)c1. The summed E-state index contributed by atoms with van der Waals surface area (Å²) < 4.78 is 0. The minimum absolute atomic E-state index is 0.00295. The predicted molar refractivity (Wildman–Crippen MR) is 71.2 cm³/mol. The van der Waals surface area contributed by atoms with Gasteiger partial charge in [-0.1, -0.05) is 24.3 Å². The zero-order chi connectivity index (χ0) is 13.4. The summed E-state index contributed by atoms with van der Waals surface area (Å²) in [5.74, 6) is -0.00590. The van der Waals surface area contributed by atoms with E-state index in [0.29, 0.717) is 13.1 Å². The van der Waals surface area contributed by atoms with Crippen LogP contribution in [0.5, 0.6) is 0 Å². The number of hydrogen-bond acceptors (Lipinski definition) is 2. The van der Waals surface area contributed by atoms with Crippen molar-refractivity contribution in [2.45, 2.75) is 26.7 Å². The van der Waals surface area contributed by atoms with E-state index in [1.807, 2.05) is 18.2 Å². The topological polar surface area (TPSA) is 58.2 Å². The summed E-state index contributed by atoms with van der Waals surface area (Å²) in [6.45, 7) is 4.35. The van der Waals surface area contributed by atoms with Gasteiger partial charge in [0.2, 0.25) is 11.8 Å². The second kappa shape index (κ2) is 7.48. The molecule has 0 saturated carbocycles. The first-order valence-corrected chi connectivity index (χ1v) is 6.14. The maximum Gasteiger partial charge on any atom is 0.216 e. The van der Waals surface area contributed by atoms with Crippen molar-refractivity contribution >= 4 is 11.8 Å². The Kier molecular flexibility index (Phi) is 5.91. The molecule has 1 rings (SSSR count). The van der Waals surface area contributed by atoms with E-state index in [2.05, 4.69) is 16.7 Å². The predicted octanol–water partition coefficient (Wildman–Crippen LogP) is 1.04. The van der Waals surface area contributed by atoms with Crippen LogP contribution in [-0.4, -0.2) is 24.9 Å². The molecule has 2 amide bonds. The summed E-state index contributed by atoms with van der Waals surface area (Å²) in [6, 6.07) is 8.21. The van der Waals surface area contributed by atoms with Gasteiger partial charge in [-0.05, 0) is 24.0 Å². The van der Waals surface area contributed by atoms with Crippen molar-refractivity contribution in [1.29, 1.82) is 0 Å². The highest BCUT2D eigenvalue weighted by molar-refractivity contribution is 5.73. The number of carbonyl (C=O) groups excluding carboxylic acids is 2. The summed E-state index contributed by atoms with van der Waals surface area (Å²) in [4.78, 5) is 21.5. The molecular formula is C14H20N2O2. The molecule has 2 N–H and O–H groups in total. The van der Waals surface area contributed by atoms with Gasteiger partial charge in [-0.25, -0.2) is 0 Å². The maximum atomic E-state index is 10.8. The largest absolute Gasteiger partial charge is 0.356 e. The van der Waals surface area contributed by atoms with Crippen LogP contribution in [0.15, 0.2) is 24.3 Å². The van der Waals surface area contributed by atoms with Crippen molar-refractivity contribution in [3.05, 3.63) is 35.4 Å². The highest BCUT2D eigenvalue weighted by Crippen LogP contribution is 2.06. The first-order chi connectivity index (χ1) is 8.58. The van der Waals surface area contributed by atoms with Gasteiger partial charge in [-0.2, -0.15) is 0 Å². The molecule has 0 aliphatic heterocycles. The molecule has 98 valence electrons. The van der Waals surface area contributed by atoms with Gasteiger partial charge in [0.05, 0.1) is 0 Å². The van der Waals surface area contributed by atoms with Gasteiger partial charge in [-0.3, -0.25) is 9.59 Å². The third-order valence-electron chi connectivity index (χ3n) is 2.57. The van der Waals surface area contributed by atoms with E-state index >= 15 is 0 Å². The Hall–Kier alpha value is -1.84. The molecule has 0 spiro atoms. The standard InChI is InChI=1S/C14H20N2O2/c1-11(17)15-8-6-13-4-3-5-14(10-13)7-9-16-12(2)18/h3-5,10H,6-9H2,1-2H3,(H,15,17)(H,16,18). The average molecular weight is 248 g/mol. The molecule has 0 heterocycles. The monoisotopic (exact) mass is 248 g/mol. The van der Waals surface area contributed by atoms with Crippen LogP contribution in [0.4, 0.5) is 0 Å². The summed E-state index contributed by atoms with van der Waals surface area (Å²) in [6.07, 6.45) is 1.65. The summed E-state index contributed by atoms with van der Waals surface area (Å²) in [5, 5.41) is 5.55. The molecule has 0 bridgehead atoms. The first kappa shape index (κ1) is 14.2. The minimum atomic E-state index is -0.00295. The van der Waals surface area contributed by atoms with Crippen LogP contribution in [-0.2, 0) is 22.4 Å². The second-order valence-electron chi connectivity index (χ2n) is 4.29. The van der Waals surface area contributed by atoms with E-state index in [4.69, 9.17) is 0 Å². The molecule has 1 aromatic rings. The van der Waals surface area contributed by atoms with Gasteiger partial charge in [0, 0.05) is 26.9 Å². The lowest BCUT2D eigenvalue weighted by Gasteiger charge is -2.06. The van der Waals surface area contributed by atoms with Crippen LogP contribution >= 0.6 is 0 Å². The molecule has 0 saturated heterocycles. The van der Waals surface area contributed by atoms with Crippen LogP contribution in [0.2, 0.25) is 0 Å². The smallest absolute Gasteiger partial charge is 0.216 e. The molecule has 0 radical (unpaired) electrons. The minimum Gasteiger partial charge on any atom is -0.356 e. The zero-order valence-electron chi connectivity index (χ0n) is 11.0. The molecule has 0 atom stereocenters. The lowest BCUT2D eigenvalue weighted by molar-refractivity contribution is -0.119. The Morgan fingerprint density at radius 3 is 1.78 bits per heavy atom. The van der Waals surface area contributed by atoms with Crippen molar-refractivity contribution in [2.75, 3.05) is 13.1 Å². The highest BCUT2D eigenvalue weighted by atomic mass is 16.1. The van der Waals surface area contributed by atoms with E-state index in [1.54, 1.807) is 0 Å². The number of benzene rings is 1. The normalized spacial score (nSPS) is 9.89. The Balaban J connectivity index is 2.41. The van der Waals surface area contributed by atoms with Crippen molar-refractivity contribution in [3.8, 4) is 0 Å². The Labute approximate surface area is 108 Å². The molecule has 0 fully saturated rings. The van der Waals surface area contributed by atoms with Crippen LogP contribution in [0.1, 0.15) is 25.0 Å². The van der Waals surface area contributed by atoms with Crippen molar-refractivity contribution < 1.29 is 9.59 Å². The van der Waals surface area contributed by atoms with Crippen LogP contribution < -0.4 is 10.6 Å². The number of nitrogens with one attached hydrogen (secondary N) is 2. The lowest BCUT2D eigenvalue weighted by Crippen LogP contribution is -2.23. The third-order valence-corrected chi connectivity index (χ3v) is 2.57. The summed E-state index contributed by atoms with van der Waals surface area (Å²) in [7, 11) is 0. The van der Waals surface area contributed by atoms with E-state index < -0.39 is 0 Å². The zero-order valence-corrected chi connectivity index (χ0v) is 11.0. The Bertz CT molecular complexity index is 381. The van der Waals surface area contributed by atoms with Gasteiger partial charge < -0.3 is 10.6 Å². The number of hydrogen-bond donors (Lipinski definition) is 2. The first-order valence-electron chi connectivity index (χ1n) is 6.14. The van der Waals surface area contributed by atoms with Gasteiger partial charge in [-0.15, -0.1) is 0 Å². The Morgan fingerprint density at radius 2 is 1.39 bits per heavy atom. The second-order valence-corrected chi connectivity index (χ2v) is 4.29. The molecular weight excluding hydrogens is 228 g/mol. The number of rotatable bonds is 6. The third kappa shape index (κ3) is 6.03. The van der Waals surface area contributed by atoms with Crippen molar-refractivity contribution in [2.24, 2.45) is 0 Å². The summed E-state index contributed by atoms with van der Waals surface area (Å²) >= 11 is 0. The number of amides is 2. The van der Waals surface area contributed by atoms with Crippen molar-refractivity contribution in [3.63, 3.8) is 0 Å². The molecule has 0 aromatic heterocycles. The average Bonchev–Trinajstić information content (AvgIpc) is 2.28. The van der Waals surface area contributed by atoms with Crippen LogP contribution in [0.25, 0.3) is 0 Å². The lowest BCUT2D eigenvalue weighted by atomic mass is 10.1. The van der Waals surface area contributed by atoms with Gasteiger partial charge >= 0.3 is 0 Å². The molecule has 0 aliphatic rings. The fourth-order valence-electron chi connectivity index (χ4n) is 1.71. The molecule has 0 unspecified atom stereocenters. The van der Waals surface area contributed by atoms with Crippen LogP contribution in [0, 0.1) is 0 Å². The van der Waals surface area contributed by atoms with Crippen molar-refractivity contribution in [1.82, 2.24) is 10.6 Å². The van der Waals surface area contributed by atoms with E-state index in [-0.39, 0.29) is 11.8 Å². The molecule has 18 heavy (non-hydrogen) atoms. The quantitative estimate of drug-likeness (QED) is 0.790. The summed E-state index contributed by atoms with van der Waals surface area (Å²) in [5.41, 5.74) is 2.40. The van der Waals surface area contributed by atoms with Gasteiger partial charge in [0.1, 0.15) is 0 Å². The van der Waals surface area contributed by atoms with Gasteiger partial charge in [0.25, 0.3) is 0 Å². The van der Waals surface area contributed by atoms with E-state index in [9.17, 15) is 9.59 Å². The van der Waals surface area contributed by atoms with Crippen LogP contribution in [0.3, 0.4) is 0 Å². The van der Waals surface area contributed by atoms with E-state index in [0.717, 1.165) is 12.8 Å². The number of carbonyl (C=O) groups is 2. The molecule has 1 aromatic carbocycles.